The molecule has 0 atom stereocenters. The van der Waals surface area contributed by atoms with Crippen LogP contribution in [0.3, 0.4) is 0 Å². The number of carbonyl (C=O) groups excluding carboxylic acids is 2. The number of aromatic nitrogens is 3. The number of halogens is 2. The molecule has 0 spiro atoms. The van der Waals surface area contributed by atoms with E-state index in [0.29, 0.717) is 54.2 Å². The van der Waals surface area contributed by atoms with Crippen molar-refractivity contribution in [3.8, 4) is 11.3 Å². The number of benzene rings is 2. The standard InChI is InChI=1S/C30H29F2N7O2/c1-17-23(11-22(32)12-25(17)36-29(40)39-14-19-4-5-21(31)10-20(19)15-39)27-24-13-26(35-28(24)34-16-33-27)18-6-8-38(9-7-18)30(41)37(2)3/h4-6,10-13,16H,7-9,14-15H2,1-3H3,(H,36,40)(H,33,34,35). The van der Waals surface area contributed by atoms with Gasteiger partial charge < -0.3 is 25.0 Å². The lowest BCUT2D eigenvalue weighted by atomic mass is 10.0. The van der Waals surface area contributed by atoms with Crippen molar-refractivity contribution in [3.63, 3.8) is 0 Å². The Balaban J connectivity index is 1.27. The normalized spacial score (nSPS) is 14.7. The third-order valence-electron chi connectivity index (χ3n) is 7.68. The number of nitrogens with one attached hydrogen (secondary N) is 2. The van der Waals surface area contributed by atoms with Gasteiger partial charge in [0.05, 0.1) is 5.69 Å². The van der Waals surface area contributed by atoms with Gasteiger partial charge in [0.1, 0.15) is 23.6 Å². The van der Waals surface area contributed by atoms with Crippen molar-refractivity contribution >= 4 is 34.4 Å². The first kappa shape index (κ1) is 26.4. The number of anilines is 1. The molecule has 2 aromatic heterocycles. The molecule has 9 nitrogen and oxygen atoms in total. The van der Waals surface area contributed by atoms with Crippen LogP contribution in [0.15, 0.2) is 48.8 Å². The summed E-state index contributed by atoms with van der Waals surface area (Å²) in [6, 6.07) is 8.70. The maximum atomic E-state index is 14.9. The molecule has 210 valence electrons. The molecule has 41 heavy (non-hydrogen) atoms. The Morgan fingerprint density at radius 3 is 2.56 bits per heavy atom. The van der Waals surface area contributed by atoms with Gasteiger partial charge in [0.25, 0.3) is 0 Å². The van der Waals surface area contributed by atoms with Crippen LogP contribution in [0.4, 0.5) is 24.1 Å². The van der Waals surface area contributed by atoms with Crippen molar-refractivity contribution in [2.75, 3.05) is 32.5 Å². The molecule has 2 aliphatic rings. The van der Waals surface area contributed by atoms with Gasteiger partial charge in [-0.1, -0.05) is 12.1 Å². The van der Waals surface area contributed by atoms with E-state index in [1.54, 1.807) is 41.8 Å². The van der Waals surface area contributed by atoms with Gasteiger partial charge in [0.2, 0.25) is 0 Å². The molecule has 0 bridgehead atoms. The van der Waals surface area contributed by atoms with Crippen LogP contribution in [0.2, 0.25) is 0 Å². The lowest BCUT2D eigenvalue weighted by Crippen LogP contribution is -2.41. The Labute approximate surface area is 235 Å². The number of hydrogen-bond acceptors (Lipinski definition) is 4. The molecule has 4 heterocycles. The molecule has 2 aliphatic heterocycles. The van der Waals surface area contributed by atoms with Crippen molar-refractivity contribution in [1.82, 2.24) is 29.7 Å². The van der Waals surface area contributed by atoms with E-state index in [1.807, 2.05) is 12.1 Å². The minimum absolute atomic E-state index is 0.0299. The Morgan fingerprint density at radius 2 is 1.80 bits per heavy atom. The van der Waals surface area contributed by atoms with Gasteiger partial charge >= 0.3 is 12.1 Å². The number of rotatable bonds is 3. The van der Waals surface area contributed by atoms with Crippen LogP contribution in [0.25, 0.3) is 27.9 Å². The van der Waals surface area contributed by atoms with Gasteiger partial charge in [-0.05, 0) is 65.9 Å². The fraction of sp³-hybridized carbons (Fsp3) is 0.267. The SMILES string of the molecule is Cc1c(NC(=O)N2Cc3ccc(F)cc3C2)cc(F)cc1-c1ncnc2[nH]c(C3=CCN(C(=O)N(C)C)CC3)cc12. The summed E-state index contributed by atoms with van der Waals surface area (Å²) in [5.74, 6) is -0.863. The highest BCUT2D eigenvalue weighted by molar-refractivity contribution is 5.97. The Bertz CT molecular complexity index is 1730. The first-order chi connectivity index (χ1) is 19.7. The van der Waals surface area contributed by atoms with Gasteiger partial charge in [0.15, 0.2) is 0 Å². The lowest BCUT2D eigenvalue weighted by molar-refractivity contribution is 0.176. The van der Waals surface area contributed by atoms with Crippen molar-refractivity contribution in [2.45, 2.75) is 26.4 Å². The summed E-state index contributed by atoms with van der Waals surface area (Å²) >= 11 is 0. The smallest absolute Gasteiger partial charge is 0.322 e. The summed E-state index contributed by atoms with van der Waals surface area (Å²) in [7, 11) is 3.47. The summed E-state index contributed by atoms with van der Waals surface area (Å²) < 4.78 is 28.6. The van der Waals surface area contributed by atoms with E-state index in [1.165, 1.54) is 30.6 Å². The zero-order chi connectivity index (χ0) is 28.8. The highest BCUT2D eigenvalue weighted by Gasteiger charge is 2.25. The zero-order valence-corrected chi connectivity index (χ0v) is 23.0. The van der Waals surface area contributed by atoms with Crippen LogP contribution >= 0.6 is 0 Å². The topological polar surface area (TPSA) is 97.5 Å². The molecule has 0 unspecified atom stereocenters. The number of urea groups is 2. The van der Waals surface area contributed by atoms with Crippen LogP contribution in [0.5, 0.6) is 0 Å². The molecule has 11 heteroatoms. The molecule has 0 saturated heterocycles. The number of nitrogens with zero attached hydrogens (tertiary/aromatic N) is 5. The van der Waals surface area contributed by atoms with Crippen LogP contribution < -0.4 is 5.32 Å². The fourth-order valence-electron chi connectivity index (χ4n) is 5.45. The van der Waals surface area contributed by atoms with Gasteiger partial charge in [-0.25, -0.2) is 28.3 Å². The Kier molecular flexibility index (Phi) is 6.64. The van der Waals surface area contributed by atoms with E-state index < -0.39 is 11.8 Å². The van der Waals surface area contributed by atoms with Gasteiger partial charge in [-0.3, -0.25) is 0 Å². The number of aromatic amines is 1. The number of amides is 4. The second kappa shape index (κ2) is 10.3. The second-order valence-corrected chi connectivity index (χ2v) is 10.6. The number of carbonyl (C=O) groups is 2. The van der Waals surface area contributed by atoms with Crippen molar-refractivity contribution in [3.05, 3.63) is 82.8 Å². The summed E-state index contributed by atoms with van der Waals surface area (Å²) in [5.41, 5.74) is 6.23. The minimum Gasteiger partial charge on any atom is -0.339 e. The molecule has 0 fully saturated rings. The molecule has 2 N–H and O–H groups in total. The first-order valence-electron chi connectivity index (χ1n) is 13.3. The summed E-state index contributed by atoms with van der Waals surface area (Å²) in [4.78, 5) is 42.5. The van der Waals surface area contributed by atoms with Crippen LogP contribution in [0, 0.1) is 18.6 Å². The molecule has 4 aromatic rings. The molecular weight excluding hydrogens is 528 g/mol. The largest absolute Gasteiger partial charge is 0.339 e. The Morgan fingerprint density at radius 1 is 1.00 bits per heavy atom. The third-order valence-corrected chi connectivity index (χ3v) is 7.68. The average molecular weight is 558 g/mol. The molecular formula is C30H29F2N7O2. The van der Waals surface area contributed by atoms with Crippen LogP contribution in [-0.2, 0) is 13.1 Å². The summed E-state index contributed by atoms with van der Waals surface area (Å²) in [6.07, 6.45) is 4.13. The first-order valence-corrected chi connectivity index (χ1v) is 13.3. The van der Waals surface area contributed by atoms with Crippen LogP contribution in [-0.4, -0.2) is 68.9 Å². The van der Waals surface area contributed by atoms with E-state index in [-0.39, 0.29) is 18.4 Å². The molecule has 0 aliphatic carbocycles. The molecule has 6 rings (SSSR count). The minimum atomic E-state index is -0.518. The van der Waals surface area contributed by atoms with Crippen LogP contribution in [0.1, 0.15) is 28.8 Å². The molecule has 0 radical (unpaired) electrons. The van der Waals surface area contributed by atoms with E-state index in [0.717, 1.165) is 27.8 Å². The monoisotopic (exact) mass is 557 g/mol. The predicted molar refractivity (Wildman–Crippen MR) is 152 cm³/mol. The van der Waals surface area contributed by atoms with E-state index in [4.69, 9.17) is 0 Å². The maximum Gasteiger partial charge on any atom is 0.322 e. The lowest BCUT2D eigenvalue weighted by Gasteiger charge is -2.28. The number of hydrogen-bond donors (Lipinski definition) is 2. The fourth-order valence-corrected chi connectivity index (χ4v) is 5.45. The summed E-state index contributed by atoms with van der Waals surface area (Å²) in [5, 5.41) is 3.56. The molecule has 4 amide bonds. The van der Waals surface area contributed by atoms with E-state index in [2.05, 4.69) is 20.3 Å². The average Bonchev–Trinajstić information content (AvgIpc) is 3.59. The maximum absolute atomic E-state index is 14.9. The molecule has 0 saturated carbocycles. The second-order valence-electron chi connectivity index (χ2n) is 10.6. The highest BCUT2D eigenvalue weighted by atomic mass is 19.1. The zero-order valence-electron chi connectivity index (χ0n) is 23.0. The third kappa shape index (κ3) is 4.99. The summed E-state index contributed by atoms with van der Waals surface area (Å²) in [6.45, 7) is 3.52. The van der Waals surface area contributed by atoms with Crippen molar-refractivity contribution in [1.29, 1.82) is 0 Å². The van der Waals surface area contributed by atoms with Gasteiger partial charge in [-0.15, -0.1) is 0 Å². The highest BCUT2D eigenvalue weighted by Crippen LogP contribution is 2.35. The van der Waals surface area contributed by atoms with Crippen molar-refractivity contribution in [2.24, 2.45) is 0 Å². The van der Waals surface area contributed by atoms with E-state index in [9.17, 15) is 18.4 Å². The number of H-pyrrole nitrogens is 1. The Hall–Kier alpha value is -4.80. The predicted octanol–water partition coefficient (Wildman–Crippen LogP) is 5.53. The van der Waals surface area contributed by atoms with E-state index >= 15 is 0 Å². The van der Waals surface area contributed by atoms with Gasteiger partial charge in [0, 0.05) is 62.6 Å². The molecule has 2 aromatic carbocycles. The van der Waals surface area contributed by atoms with Crippen molar-refractivity contribution < 1.29 is 18.4 Å². The number of fused-ring (bicyclic) bond motifs is 2. The quantitative estimate of drug-likeness (QED) is 0.346. The van der Waals surface area contributed by atoms with Gasteiger partial charge in [-0.2, -0.15) is 0 Å².